The van der Waals surface area contributed by atoms with Gasteiger partial charge in [0.05, 0.1) is 0 Å². The molecule has 0 fully saturated rings. The first-order chi connectivity index (χ1) is 5.85. The van der Waals surface area contributed by atoms with Crippen LogP contribution in [-0.4, -0.2) is 7.05 Å². The van der Waals surface area contributed by atoms with Gasteiger partial charge in [0.15, 0.2) is 0 Å². The predicted octanol–water partition coefficient (Wildman–Crippen LogP) is 2.05. The van der Waals surface area contributed by atoms with Crippen molar-refractivity contribution in [3.05, 3.63) is 35.9 Å². The van der Waals surface area contributed by atoms with Crippen LogP contribution in [0.3, 0.4) is 0 Å². The summed E-state index contributed by atoms with van der Waals surface area (Å²) in [6, 6.07) is 10.3. The minimum Gasteiger partial charge on any atom is -0.316 e. The van der Waals surface area contributed by atoms with E-state index in [0.717, 1.165) is 6.54 Å². The SMILES string of the molecule is C#CC.CNCc1ccccc1. The normalized spacial score (nSPS) is 7.75. The summed E-state index contributed by atoms with van der Waals surface area (Å²) in [5, 5.41) is 3.08. The predicted molar refractivity (Wildman–Crippen MR) is 53.7 cm³/mol. The molecule has 0 aromatic heterocycles. The fourth-order valence-electron chi connectivity index (χ4n) is 0.800. The van der Waals surface area contributed by atoms with E-state index in [4.69, 9.17) is 0 Å². The van der Waals surface area contributed by atoms with Crippen LogP contribution < -0.4 is 5.32 Å². The van der Waals surface area contributed by atoms with Gasteiger partial charge in [0.1, 0.15) is 0 Å². The first kappa shape index (κ1) is 10.7. The molecule has 12 heavy (non-hydrogen) atoms. The van der Waals surface area contributed by atoms with Gasteiger partial charge >= 0.3 is 0 Å². The Morgan fingerprint density at radius 2 is 1.83 bits per heavy atom. The second-order valence-electron chi connectivity index (χ2n) is 2.30. The molecule has 0 aliphatic heterocycles. The molecular formula is C11H15N. The maximum absolute atomic E-state index is 4.60. The highest BCUT2D eigenvalue weighted by atomic mass is 14.8. The van der Waals surface area contributed by atoms with Crippen molar-refractivity contribution in [1.82, 2.24) is 5.32 Å². The second kappa shape index (κ2) is 7.84. The van der Waals surface area contributed by atoms with Crippen molar-refractivity contribution in [2.75, 3.05) is 7.05 Å². The molecule has 0 atom stereocenters. The fourth-order valence-corrected chi connectivity index (χ4v) is 0.800. The fraction of sp³-hybridized carbons (Fsp3) is 0.273. The van der Waals surface area contributed by atoms with Crippen LogP contribution in [-0.2, 0) is 6.54 Å². The molecule has 1 nitrogen and oxygen atoms in total. The van der Waals surface area contributed by atoms with Crippen molar-refractivity contribution < 1.29 is 0 Å². The van der Waals surface area contributed by atoms with E-state index in [1.165, 1.54) is 5.56 Å². The summed E-state index contributed by atoms with van der Waals surface area (Å²) < 4.78 is 0. The summed E-state index contributed by atoms with van der Waals surface area (Å²) in [5.41, 5.74) is 1.33. The maximum Gasteiger partial charge on any atom is 0.0202 e. The third-order valence-corrected chi connectivity index (χ3v) is 1.22. The molecule has 64 valence electrons. The quantitative estimate of drug-likeness (QED) is 0.654. The highest BCUT2D eigenvalue weighted by molar-refractivity contribution is 5.13. The number of hydrogen-bond donors (Lipinski definition) is 1. The van der Waals surface area contributed by atoms with Crippen molar-refractivity contribution in [2.24, 2.45) is 0 Å². The van der Waals surface area contributed by atoms with Gasteiger partial charge in [0.2, 0.25) is 0 Å². The lowest BCUT2D eigenvalue weighted by atomic mass is 10.2. The Bertz CT molecular complexity index is 221. The zero-order chi connectivity index (χ0) is 9.23. The molecule has 0 bridgehead atoms. The van der Waals surface area contributed by atoms with E-state index in [-0.39, 0.29) is 0 Å². The molecule has 0 saturated carbocycles. The van der Waals surface area contributed by atoms with Gasteiger partial charge in [-0.25, -0.2) is 0 Å². The van der Waals surface area contributed by atoms with Crippen LogP contribution in [0.2, 0.25) is 0 Å². The van der Waals surface area contributed by atoms with Gasteiger partial charge in [-0.15, -0.1) is 12.3 Å². The molecular weight excluding hydrogens is 146 g/mol. The molecule has 0 amide bonds. The standard InChI is InChI=1S/C8H11N.C3H4/c1-9-7-8-5-3-2-4-6-8;1-3-2/h2-6,9H,7H2,1H3;1H,2H3. The van der Waals surface area contributed by atoms with Gasteiger partial charge < -0.3 is 5.32 Å². The molecule has 1 aromatic rings. The van der Waals surface area contributed by atoms with E-state index in [1.807, 2.05) is 25.2 Å². The van der Waals surface area contributed by atoms with Gasteiger partial charge in [0, 0.05) is 6.54 Å². The molecule has 0 heterocycles. The van der Waals surface area contributed by atoms with Crippen molar-refractivity contribution in [2.45, 2.75) is 13.5 Å². The lowest BCUT2D eigenvalue weighted by Gasteiger charge is -1.95. The van der Waals surface area contributed by atoms with Crippen LogP contribution in [0.1, 0.15) is 12.5 Å². The topological polar surface area (TPSA) is 12.0 Å². The maximum atomic E-state index is 4.60. The molecule has 0 aliphatic rings. The van der Waals surface area contributed by atoms with Crippen molar-refractivity contribution in [3.8, 4) is 12.3 Å². The molecule has 0 aliphatic carbocycles. The van der Waals surface area contributed by atoms with Gasteiger partial charge in [-0.3, -0.25) is 0 Å². The third-order valence-electron chi connectivity index (χ3n) is 1.22. The van der Waals surface area contributed by atoms with E-state index in [0.29, 0.717) is 0 Å². The lowest BCUT2D eigenvalue weighted by molar-refractivity contribution is 0.818. The Labute approximate surface area is 74.8 Å². The smallest absolute Gasteiger partial charge is 0.0202 e. The number of nitrogens with one attached hydrogen (secondary N) is 1. The average Bonchev–Trinajstić information content (AvgIpc) is 2.08. The van der Waals surface area contributed by atoms with Crippen molar-refractivity contribution in [1.29, 1.82) is 0 Å². The molecule has 1 N–H and O–H groups in total. The summed E-state index contributed by atoms with van der Waals surface area (Å²) in [7, 11) is 1.95. The molecule has 0 radical (unpaired) electrons. The first-order valence-electron chi connectivity index (χ1n) is 3.91. The Balaban J connectivity index is 0.000000354. The number of terminal acetylenes is 1. The van der Waals surface area contributed by atoms with Gasteiger partial charge in [-0.1, -0.05) is 30.3 Å². The summed E-state index contributed by atoms with van der Waals surface area (Å²) in [6.45, 7) is 2.61. The lowest BCUT2D eigenvalue weighted by Crippen LogP contribution is -2.04. The Morgan fingerprint density at radius 3 is 2.25 bits per heavy atom. The van der Waals surface area contributed by atoms with Crippen LogP contribution in [0, 0.1) is 12.3 Å². The minimum absolute atomic E-state index is 0.959. The van der Waals surface area contributed by atoms with E-state index in [9.17, 15) is 0 Å². The Hall–Kier alpha value is -1.26. The minimum atomic E-state index is 0.959. The third kappa shape index (κ3) is 5.52. The highest BCUT2D eigenvalue weighted by Crippen LogP contribution is 1.95. The number of hydrogen-bond acceptors (Lipinski definition) is 1. The molecule has 0 spiro atoms. The Kier molecular flexibility index (Phi) is 7.02. The zero-order valence-electron chi connectivity index (χ0n) is 7.67. The van der Waals surface area contributed by atoms with Crippen molar-refractivity contribution >= 4 is 0 Å². The van der Waals surface area contributed by atoms with Crippen LogP contribution >= 0.6 is 0 Å². The van der Waals surface area contributed by atoms with E-state index in [2.05, 4.69) is 29.8 Å². The molecule has 1 aromatic carbocycles. The van der Waals surface area contributed by atoms with E-state index in [1.54, 1.807) is 6.92 Å². The Morgan fingerprint density at radius 1 is 1.33 bits per heavy atom. The average molecular weight is 161 g/mol. The molecule has 1 heteroatoms. The summed E-state index contributed by atoms with van der Waals surface area (Å²) >= 11 is 0. The van der Waals surface area contributed by atoms with Crippen LogP contribution in [0.5, 0.6) is 0 Å². The molecule has 1 rings (SSSR count). The largest absolute Gasteiger partial charge is 0.316 e. The monoisotopic (exact) mass is 161 g/mol. The number of benzene rings is 1. The van der Waals surface area contributed by atoms with Gasteiger partial charge in [0.25, 0.3) is 0 Å². The summed E-state index contributed by atoms with van der Waals surface area (Å²) in [4.78, 5) is 0. The molecule has 0 saturated heterocycles. The van der Waals surface area contributed by atoms with E-state index >= 15 is 0 Å². The van der Waals surface area contributed by atoms with Gasteiger partial charge in [-0.05, 0) is 19.5 Å². The number of rotatable bonds is 2. The van der Waals surface area contributed by atoms with Crippen LogP contribution in [0.15, 0.2) is 30.3 Å². The summed E-state index contributed by atoms with van der Waals surface area (Å²) in [6.07, 6.45) is 4.60. The molecule has 0 unspecified atom stereocenters. The highest BCUT2D eigenvalue weighted by Gasteiger charge is 1.83. The first-order valence-corrected chi connectivity index (χ1v) is 3.91. The van der Waals surface area contributed by atoms with Crippen LogP contribution in [0.4, 0.5) is 0 Å². The zero-order valence-corrected chi connectivity index (χ0v) is 7.67. The second-order valence-corrected chi connectivity index (χ2v) is 2.30. The van der Waals surface area contributed by atoms with E-state index < -0.39 is 0 Å². The van der Waals surface area contributed by atoms with Crippen LogP contribution in [0.25, 0.3) is 0 Å². The van der Waals surface area contributed by atoms with Gasteiger partial charge in [-0.2, -0.15) is 0 Å². The summed E-state index contributed by atoms with van der Waals surface area (Å²) in [5.74, 6) is 2.25. The van der Waals surface area contributed by atoms with Crippen molar-refractivity contribution in [3.63, 3.8) is 0 Å².